The number of anilines is 1. The maximum Gasteiger partial charge on any atom is 0.321 e. The number of urea groups is 1. The van der Waals surface area contributed by atoms with Crippen molar-refractivity contribution in [3.8, 4) is 0 Å². The van der Waals surface area contributed by atoms with Crippen LogP contribution >= 0.6 is 0 Å². The Kier molecular flexibility index (Phi) is 4.00. The molecule has 2 amide bonds. The normalized spacial score (nSPS) is 22.0. The summed E-state index contributed by atoms with van der Waals surface area (Å²) in [7, 11) is 0. The van der Waals surface area contributed by atoms with E-state index in [0.717, 1.165) is 31.9 Å². The predicted molar refractivity (Wildman–Crippen MR) is 101 cm³/mol. The SMILES string of the molecule is CC1(C)CN2CCN(C(=O)Nc3ccccc3)CC2c2ccccc21. The third-order valence-electron chi connectivity index (χ3n) is 5.45. The molecular weight excluding hydrogens is 310 g/mol. The minimum Gasteiger partial charge on any atom is -0.321 e. The molecule has 2 aliphatic heterocycles. The standard InChI is InChI=1S/C21H25N3O/c1-21(2)15-24-13-12-23(20(25)22-16-8-4-3-5-9-16)14-19(24)17-10-6-7-11-18(17)21/h3-11,19H,12-15H2,1-2H3,(H,22,25). The van der Waals surface area contributed by atoms with Gasteiger partial charge in [-0.1, -0.05) is 56.3 Å². The van der Waals surface area contributed by atoms with E-state index in [1.54, 1.807) is 0 Å². The van der Waals surface area contributed by atoms with Gasteiger partial charge >= 0.3 is 6.03 Å². The highest BCUT2D eigenvalue weighted by molar-refractivity contribution is 5.89. The summed E-state index contributed by atoms with van der Waals surface area (Å²) < 4.78 is 0. The lowest BCUT2D eigenvalue weighted by Crippen LogP contribution is -2.56. The second kappa shape index (κ2) is 6.19. The molecule has 2 aliphatic rings. The molecule has 130 valence electrons. The fourth-order valence-electron chi connectivity index (χ4n) is 4.21. The van der Waals surface area contributed by atoms with Gasteiger partial charge in [-0.15, -0.1) is 0 Å². The van der Waals surface area contributed by atoms with Crippen molar-refractivity contribution < 1.29 is 4.79 Å². The third-order valence-corrected chi connectivity index (χ3v) is 5.45. The number of hydrogen-bond acceptors (Lipinski definition) is 2. The number of piperazine rings is 1. The summed E-state index contributed by atoms with van der Waals surface area (Å²) >= 11 is 0. The van der Waals surface area contributed by atoms with Gasteiger partial charge in [0, 0.05) is 37.3 Å². The molecule has 2 heterocycles. The molecule has 0 bridgehead atoms. The highest BCUT2D eigenvalue weighted by Gasteiger charge is 2.40. The van der Waals surface area contributed by atoms with Crippen LogP contribution in [-0.4, -0.2) is 42.0 Å². The lowest BCUT2D eigenvalue weighted by Gasteiger charge is -2.49. The first kappa shape index (κ1) is 16.2. The summed E-state index contributed by atoms with van der Waals surface area (Å²) in [6.07, 6.45) is 0. The molecule has 4 heteroatoms. The smallest absolute Gasteiger partial charge is 0.321 e. The van der Waals surface area contributed by atoms with Crippen molar-refractivity contribution in [1.29, 1.82) is 0 Å². The van der Waals surface area contributed by atoms with Crippen molar-refractivity contribution in [3.05, 3.63) is 65.7 Å². The molecule has 1 N–H and O–H groups in total. The number of fused-ring (bicyclic) bond motifs is 3. The van der Waals surface area contributed by atoms with Gasteiger partial charge in [0.1, 0.15) is 0 Å². The molecule has 2 aromatic rings. The summed E-state index contributed by atoms with van der Waals surface area (Å²) in [6, 6.07) is 18.7. The van der Waals surface area contributed by atoms with Crippen LogP contribution in [0.4, 0.5) is 10.5 Å². The Labute approximate surface area is 149 Å². The van der Waals surface area contributed by atoms with Gasteiger partial charge in [0.15, 0.2) is 0 Å². The van der Waals surface area contributed by atoms with E-state index < -0.39 is 0 Å². The van der Waals surface area contributed by atoms with E-state index in [-0.39, 0.29) is 11.4 Å². The van der Waals surface area contributed by atoms with Crippen LogP contribution in [0, 0.1) is 0 Å². The van der Waals surface area contributed by atoms with Crippen LogP contribution in [0.15, 0.2) is 54.6 Å². The largest absolute Gasteiger partial charge is 0.321 e. The highest BCUT2D eigenvalue weighted by atomic mass is 16.2. The molecule has 25 heavy (non-hydrogen) atoms. The van der Waals surface area contributed by atoms with E-state index in [9.17, 15) is 4.79 Å². The number of nitrogens with zero attached hydrogens (tertiary/aromatic N) is 2. The Bertz CT molecular complexity index is 772. The van der Waals surface area contributed by atoms with Gasteiger partial charge in [0.2, 0.25) is 0 Å². The Morgan fingerprint density at radius 1 is 1.04 bits per heavy atom. The summed E-state index contributed by atoms with van der Waals surface area (Å²) in [5.74, 6) is 0. The molecule has 4 nitrogen and oxygen atoms in total. The van der Waals surface area contributed by atoms with E-state index in [0.29, 0.717) is 6.04 Å². The minimum absolute atomic E-state index is 0.00633. The maximum absolute atomic E-state index is 12.7. The molecule has 0 spiro atoms. The van der Waals surface area contributed by atoms with E-state index in [1.165, 1.54) is 11.1 Å². The average Bonchev–Trinajstić information content (AvgIpc) is 2.62. The van der Waals surface area contributed by atoms with Crippen LogP contribution in [0.1, 0.15) is 31.0 Å². The number of benzene rings is 2. The minimum atomic E-state index is -0.00633. The van der Waals surface area contributed by atoms with Crippen molar-refractivity contribution in [2.75, 3.05) is 31.5 Å². The molecule has 0 aliphatic carbocycles. The van der Waals surface area contributed by atoms with E-state index in [2.05, 4.69) is 48.3 Å². The zero-order valence-electron chi connectivity index (χ0n) is 14.9. The summed E-state index contributed by atoms with van der Waals surface area (Å²) in [6.45, 7) is 8.11. The van der Waals surface area contributed by atoms with Gasteiger partial charge in [-0.05, 0) is 23.3 Å². The van der Waals surface area contributed by atoms with Gasteiger partial charge in [-0.25, -0.2) is 4.79 Å². The van der Waals surface area contributed by atoms with Gasteiger partial charge in [-0.3, -0.25) is 4.90 Å². The van der Waals surface area contributed by atoms with E-state index >= 15 is 0 Å². The molecule has 1 atom stereocenters. The van der Waals surface area contributed by atoms with Crippen molar-refractivity contribution in [2.24, 2.45) is 0 Å². The molecule has 1 unspecified atom stereocenters. The van der Waals surface area contributed by atoms with Crippen LogP contribution in [0.25, 0.3) is 0 Å². The Hall–Kier alpha value is -2.33. The van der Waals surface area contributed by atoms with Gasteiger partial charge in [0.25, 0.3) is 0 Å². The molecule has 1 saturated heterocycles. The highest BCUT2D eigenvalue weighted by Crippen LogP contribution is 2.40. The van der Waals surface area contributed by atoms with Crippen molar-refractivity contribution in [2.45, 2.75) is 25.3 Å². The van der Waals surface area contributed by atoms with E-state index in [4.69, 9.17) is 0 Å². The zero-order chi connectivity index (χ0) is 17.4. The molecule has 4 rings (SSSR count). The quantitative estimate of drug-likeness (QED) is 0.859. The lowest BCUT2D eigenvalue weighted by atomic mass is 9.75. The lowest BCUT2D eigenvalue weighted by molar-refractivity contribution is 0.0645. The summed E-state index contributed by atoms with van der Waals surface area (Å²) in [5, 5.41) is 3.02. The zero-order valence-corrected chi connectivity index (χ0v) is 14.9. The topological polar surface area (TPSA) is 35.6 Å². The number of hydrogen-bond donors (Lipinski definition) is 1. The van der Waals surface area contributed by atoms with Crippen molar-refractivity contribution in [1.82, 2.24) is 9.80 Å². The predicted octanol–water partition coefficient (Wildman–Crippen LogP) is 3.87. The van der Waals surface area contributed by atoms with Crippen LogP contribution in [-0.2, 0) is 5.41 Å². The van der Waals surface area contributed by atoms with E-state index in [1.807, 2.05) is 35.2 Å². The van der Waals surface area contributed by atoms with Crippen LogP contribution < -0.4 is 5.32 Å². The molecule has 2 aromatic carbocycles. The van der Waals surface area contributed by atoms with Crippen LogP contribution in [0.3, 0.4) is 0 Å². The second-order valence-corrected chi connectivity index (χ2v) is 7.70. The first-order valence-corrected chi connectivity index (χ1v) is 8.99. The Balaban J connectivity index is 1.55. The van der Waals surface area contributed by atoms with Gasteiger partial charge < -0.3 is 10.2 Å². The van der Waals surface area contributed by atoms with Crippen LogP contribution in [0.2, 0.25) is 0 Å². The Morgan fingerprint density at radius 3 is 2.56 bits per heavy atom. The maximum atomic E-state index is 12.7. The number of carbonyl (C=O) groups is 1. The number of para-hydroxylation sites is 1. The fourth-order valence-corrected chi connectivity index (χ4v) is 4.21. The van der Waals surface area contributed by atoms with Gasteiger partial charge in [0.05, 0.1) is 6.04 Å². The third kappa shape index (κ3) is 3.02. The molecule has 0 aromatic heterocycles. The Morgan fingerprint density at radius 2 is 1.76 bits per heavy atom. The molecule has 0 saturated carbocycles. The number of nitrogens with one attached hydrogen (secondary N) is 1. The fraction of sp³-hybridized carbons (Fsp3) is 0.381. The van der Waals surface area contributed by atoms with Gasteiger partial charge in [-0.2, -0.15) is 0 Å². The average molecular weight is 335 g/mol. The van der Waals surface area contributed by atoms with Crippen LogP contribution in [0.5, 0.6) is 0 Å². The number of rotatable bonds is 1. The molecular formula is C21H25N3O. The molecule has 1 fully saturated rings. The first-order chi connectivity index (χ1) is 12.0. The van der Waals surface area contributed by atoms with Crippen molar-refractivity contribution >= 4 is 11.7 Å². The summed E-state index contributed by atoms with van der Waals surface area (Å²) in [5.41, 5.74) is 3.79. The van der Waals surface area contributed by atoms with Crippen molar-refractivity contribution in [3.63, 3.8) is 0 Å². The monoisotopic (exact) mass is 335 g/mol. The molecule has 0 radical (unpaired) electrons. The number of carbonyl (C=O) groups excluding carboxylic acids is 1. The first-order valence-electron chi connectivity index (χ1n) is 8.99. The summed E-state index contributed by atoms with van der Waals surface area (Å²) in [4.78, 5) is 17.2. The second-order valence-electron chi connectivity index (χ2n) is 7.70. The number of amides is 2.